The maximum absolute atomic E-state index is 3.56. The molecule has 0 bridgehead atoms. The van der Waals surface area contributed by atoms with Crippen LogP contribution in [0.4, 0.5) is 0 Å². The SMILES string of the molecule is CCCNCC(c1ccccc1)N(C)CCCN(C)C. The highest BCUT2D eigenvalue weighted by Crippen LogP contribution is 2.18. The van der Waals surface area contributed by atoms with Crippen molar-refractivity contribution in [3.8, 4) is 0 Å². The normalized spacial score (nSPS) is 13.1. The van der Waals surface area contributed by atoms with Crippen LogP contribution >= 0.6 is 0 Å². The van der Waals surface area contributed by atoms with Crippen molar-refractivity contribution >= 4 is 0 Å². The first kappa shape index (κ1) is 17.2. The van der Waals surface area contributed by atoms with E-state index in [0.29, 0.717) is 6.04 Å². The molecule has 0 saturated heterocycles. The second kappa shape index (κ2) is 9.92. The molecule has 1 aromatic carbocycles. The summed E-state index contributed by atoms with van der Waals surface area (Å²) in [7, 11) is 6.51. The van der Waals surface area contributed by atoms with Gasteiger partial charge in [-0.15, -0.1) is 0 Å². The first-order valence-corrected chi connectivity index (χ1v) is 7.75. The minimum atomic E-state index is 0.463. The van der Waals surface area contributed by atoms with E-state index in [-0.39, 0.29) is 0 Å². The third kappa shape index (κ3) is 6.51. The Morgan fingerprint density at radius 3 is 2.35 bits per heavy atom. The summed E-state index contributed by atoms with van der Waals surface area (Å²) in [6.45, 7) is 6.61. The summed E-state index contributed by atoms with van der Waals surface area (Å²) in [6, 6.07) is 11.3. The Hall–Kier alpha value is -0.900. The van der Waals surface area contributed by atoms with Gasteiger partial charge in [-0.3, -0.25) is 4.90 Å². The van der Waals surface area contributed by atoms with Gasteiger partial charge in [0.25, 0.3) is 0 Å². The minimum Gasteiger partial charge on any atom is -0.315 e. The molecular formula is C17H31N3. The molecule has 0 fully saturated rings. The Kier molecular flexibility index (Phi) is 8.51. The van der Waals surface area contributed by atoms with Crippen molar-refractivity contribution < 1.29 is 0 Å². The average Bonchev–Trinajstić information content (AvgIpc) is 2.44. The molecule has 0 radical (unpaired) electrons. The molecule has 0 heterocycles. The molecule has 0 saturated carbocycles. The number of hydrogen-bond donors (Lipinski definition) is 1. The smallest absolute Gasteiger partial charge is 0.0469 e. The second-order valence-corrected chi connectivity index (χ2v) is 5.77. The van der Waals surface area contributed by atoms with Crippen LogP contribution in [0.5, 0.6) is 0 Å². The van der Waals surface area contributed by atoms with Crippen LogP contribution in [-0.4, -0.2) is 57.1 Å². The Balaban J connectivity index is 2.57. The number of rotatable bonds is 10. The highest BCUT2D eigenvalue weighted by atomic mass is 15.2. The molecule has 0 amide bonds. The van der Waals surface area contributed by atoms with Gasteiger partial charge in [-0.1, -0.05) is 37.3 Å². The topological polar surface area (TPSA) is 18.5 Å². The molecule has 1 N–H and O–H groups in total. The maximum atomic E-state index is 3.56. The van der Waals surface area contributed by atoms with Crippen LogP contribution in [0.1, 0.15) is 31.4 Å². The van der Waals surface area contributed by atoms with Gasteiger partial charge >= 0.3 is 0 Å². The predicted octanol–water partition coefficient (Wildman–Crippen LogP) is 2.61. The number of hydrogen-bond acceptors (Lipinski definition) is 3. The summed E-state index contributed by atoms with van der Waals surface area (Å²) >= 11 is 0. The molecule has 1 atom stereocenters. The molecule has 1 aromatic rings. The Morgan fingerprint density at radius 2 is 1.75 bits per heavy atom. The van der Waals surface area contributed by atoms with Gasteiger partial charge in [0.05, 0.1) is 0 Å². The van der Waals surface area contributed by atoms with Gasteiger partial charge in [0.2, 0.25) is 0 Å². The molecule has 20 heavy (non-hydrogen) atoms. The molecule has 114 valence electrons. The first-order chi connectivity index (χ1) is 9.65. The maximum Gasteiger partial charge on any atom is 0.0469 e. The van der Waals surface area contributed by atoms with Crippen LogP contribution in [-0.2, 0) is 0 Å². The van der Waals surface area contributed by atoms with Crippen molar-refractivity contribution in [2.45, 2.75) is 25.8 Å². The second-order valence-electron chi connectivity index (χ2n) is 5.77. The fourth-order valence-corrected chi connectivity index (χ4v) is 2.41. The highest BCUT2D eigenvalue weighted by molar-refractivity contribution is 5.19. The average molecular weight is 277 g/mol. The molecule has 1 rings (SSSR count). The van der Waals surface area contributed by atoms with E-state index in [4.69, 9.17) is 0 Å². The molecule has 3 nitrogen and oxygen atoms in total. The fourth-order valence-electron chi connectivity index (χ4n) is 2.41. The van der Waals surface area contributed by atoms with Crippen molar-refractivity contribution in [1.29, 1.82) is 0 Å². The van der Waals surface area contributed by atoms with E-state index in [2.05, 4.69) is 73.5 Å². The summed E-state index contributed by atoms with van der Waals surface area (Å²) in [5.41, 5.74) is 1.41. The van der Waals surface area contributed by atoms with Crippen LogP contribution in [0.15, 0.2) is 30.3 Å². The lowest BCUT2D eigenvalue weighted by Crippen LogP contribution is -2.35. The fraction of sp³-hybridized carbons (Fsp3) is 0.647. The zero-order chi connectivity index (χ0) is 14.8. The quantitative estimate of drug-likeness (QED) is 0.663. The van der Waals surface area contributed by atoms with Crippen LogP contribution in [0.25, 0.3) is 0 Å². The third-order valence-electron chi connectivity index (χ3n) is 3.60. The lowest BCUT2D eigenvalue weighted by Gasteiger charge is -2.29. The summed E-state index contributed by atoms with van der Waals surface area (Å²) in [6.07, 6.45) is 2.40. The van der Waals surface area contributed by atoms with E-state index >= 15 is 0 Å². The summed E-state index contributed by atoms with van der Waals surface area (Å²) in [5, 5.41) is 3.56. The first-order valence-electron chi connectivity index (χ1n) is 7.75. The van der Waals surface area contributed by atoms with Gasteiger partial charge in [0.15, 0.2) is 0 Å². The van der Waals surface area contributed by atoms with E-state index in [1.807, 2.05) is 0 Å². The number of benzene rings is 1. The minimum absolute atomic E-state index is 0.463. The van der Waals surface area contributed by atoms with E-state index in [1.165, 1.54) is 18.4 Å². The van der Waals surface area contributed by atoms with Crippen LogP contribution < -0.4 is 5.32 Å². The molecule has 0 aliphatic heterocycles. The van der Waals surface area contributed by atoms with Crippen LogP contribution in [0.2, 0.25) is 0 Å². The standard InChI is InChI=1S/C17H31N3/c1-5-12-18-15-17(16-10-7-6-8-11-16)20(4)14-9-13-19(2)3/h6-8,10-11,17-18H,5,9,12-15H2,1-4H3. The molecular weight excluding hydrogens is 246 g/mol. The van der Waals surface area contributed by atoms with Crippen molar-refractivity contribution in [3.63, 3.8) is 0 Å². The molecule has 3 heteroatoms. The summed E-state index contributed by atoms with van der Waals surface area (Å²) in [5.74, 6) is 0. The zero-order valence-electron chi connectivity index (χ0n) is 13.6. The highest BCUT2D eigenvalue weighted by Gasteiger charge is 2.15. The van der Waals surface area contributed by atoms with Gasteiger partial charge in [-0.25, -0.2) is 0 Å². The van der Waals surface area contributed by atoms with Gasteiger partial charge < -0.3 is 10.2 Å². The van der Waals surface area contributed by atoms with Crippen LogP contribution in [0, 0.1) is 0 Å². The predicted molar refractivity (Wildman–Crippen MR) is 88.1 cm³/mol. The van der Waals surface area contributed by atoms with Crippen molar-refractivity contribution in [3.05, 3.63) is 35.9 Å². The lowest BCUT2D eigenvalue weighted by molar-refractivity contribution is 0.225. The van der Waals surface area contributed by atoms with E-state index in [9.17, 15) is 0 Å². The Labute approximate surface area is 125 Å². The van der Waals surface area contributed by atoms with Gasteiger partial charge in [-0.05, 0) is 59.2 Å². The number of nitrogens with zero attached hydrogens (tertiary/aromatic N) is 2. The third-order valence-corrected chi connectivity index (χ3v) is 3.60. The molecule has 0 aliphatic rings. The molecule has 0 aromatic heterocycles. The Bertz CT molecular complexity index is 337. The lowest BCUT2D eigenvalue weighted by atomic mass is 10.1. The van der Waals surface area contributed by atoms with Gasteiger partial charge in [0, 0.05) is 12.6 Å². The number of likely N-dealkylation sites (N-methyl/N-ethyl adjacent to an activating group) is 1. The van der Waals surface area contributed by atoms with E-state index < -0.39 is 0 Å². The molecule has 1 unspecified atom stereocenters. The monoisotopic (exact) mass is 277 g/mol. The van der Waals surface area contributed by atoms with Gasteiger partial charge in [-0.2, -0.15) is 0 Å². The van der Waals surface area contributed by atoms with Gasteiger partial charge in [0.1, 0.15) is 0 Å². The van der Waals surface area contributed by atoms with Crippen LogP contribution in [0.3, 0.4) is 0 Å². The molecule has 0 aliphatic carbocycles. The summed E-state index contributed by atoms with van der Waals surface area (Å²) < 4.78 is 0. The van der Waals surface area contributed by atoms with E-state index in [0.717, 1.165) is 26.2 Å². The van der Waals surface area contributed by atoms with Crippen molar-refractivity contribution in [1.82, 2.24) is 15.1 Å². The van der Waals surface area contributed by atoms with E-state index in [1.54, 1.807) is 0 Å². The number of nitrogens with one attached hydrogen (secondary N) is 1. The van der Waals surface area contributed by atoms with Crippen molar-refractivity contribution in [2.24, 2.45) is 0 Å². The summed E-state index contributed by atoms with van der Waals surface area (Å²) in [4.78, 5) is 4.72. The zero-order valence-corrected chi connectivity index (χ0v) is 13.6. The Morgan fingerprint density at radius 1 is 1.05 bits per heavy atom. The van der Waals surface area contributed by atoms with Crippen molar-refractivity contribution in [2.75, 3.05) is 47.3 Å². The largest absolute Gasteiger partial charge is 0.315 e. The molecule has 0 spiro atoms.